The van der Waals surface area contributed by atoms with Crippen LogP contribution in [-0.4, -0.2) is 11.2 Å². The number of rotatable bonds is 1. The van der Waals surface area contributed by atoms with Gasteiger partial charge >= 0.3 is 0 Å². The van der Waals surface area contributed by atoms with Gasteiger partial charge in [0, 0.05) is 0 Å². The molecule has 0 bridgehead atoms. The monoisotopic (exact) mass is 426 g/mol. The van der Waals surface area contributed by atoms with Gasteiger partial charge in [-0.1, -0.05) is 60.1 Å². The van der Waals surface area contributed by atoms with E-state index in [1.54, 1.807) is 0 Å². The van der Waals surface area contributed by atoms with Gasteiger partial charge in [-0.15, -0.1) is 0 Å². The molecular weight excluding hydrogens is 376 g/mol. The Morgan fingerprint density at radius 1 is 0.774 bits per heavy atom. The molecule has 1 N–H and O–H groups in total. The van der Waals surface area contributed by atoms with Crippen molar-refractivity contribution in [2.45, 2.75) is 119 Å². The van der Waals surface area contributed by atoms with Crippen LogP contribution in [0.25, 0.3) is 0 Å². The van der Waals surface area contributed by atoms with Gasteiger partial charge in [-0.25, -0.2) is 0 Å². The van der Waals surface area contributed by atoms with Gasteiger partial charge < -0.3 is 5.11 Å². The summed E-state index contributed by atoms with van der Waals surface area (Å²) in [5, 5.41) is 12.0. The second kappa shape index (κ2) is 6.64. The maximum absolute atomic E-state index is 12.0. The van der Waals surface area contributed by atoms with Crippen LogP contribution in [0.15, 0.2) is 12.2 Å². The molecule has 0 amide bonds. The minimum absolute atomic E-state index is 0.131. The number of allylic oxidation sites excluding steroid dienone is 1. The van der Waals surface area contributed by atoms with Crippen molar-refractivity contribution >= 4 is 0 Å². The van der Waals surface area contributed by atoms with E-state index in [-0.39, 0.29) is 11.5 Å². The Labute approximate surface area is 192 Å². The largest absolute Gasteiger partial charge is 0.393 e. The van der Waals surface area contributed by atoms with Crippen LogP contribution in [-0.2, 0) is 0 Å². The Bertz CT molecular complexity index is 766. The molecular formula is C30H50O. The molecule has 5 saturated carbocycles. The fourth-order valence-electron chi connectivity index (χ4n) is 11.5. The first-order chi connectivity index (χ1) is 14.3. The zero-order chi connectivity index (χ0) is 22.6. The average Bonchev–Trinajstić information content (AvgIpc) is 3.01. The summed E-state index contributed by atoms with van der Waals surface area (Å²) in [6, 6.07) is 0. The Morgan fingerprint density at radius 3 is 2.16 bits per heavy atom. The van der Waals surface area contributed by atoms with Gasteiger partial charge in [-0.3, -0.25) is 0 Å². The van der Waals surface area contributed by atoms with Gasteiger partial charge in [0.05, 0.1) is 6.10 Å². The molecule has 1 nitrogen and oxygen atoms in total. The highest BCUT2D eigenvalue weighted by Gasteiger charge is 2.71. The van der Waals surface area contributed by atoms with Gasteiger partial charge in [0.15, 0.2) is 0 Å². The first kappa shape index (κ1) is 22.5. The lowest BCUT2D eigenvalue weighted by atomic mass is 9.32. The zero-order valence-corrected chi connectivity index (χ0v) is 21.7. The van der Waals surface area contributed by atoms with Crippen LogP contribution in [0.5, 0.6) is 0 Å². The number of hydrogen-bond acceptors (Lipinski definition) is 1. The standard InChI is InChI=1S/C30H50O/c1-19(2)20-10-14-27(5)16-17-30(8)25(24(20)27)21(31)18-23-28(6)13-9-12-26(3,4)22(28)11-15-29(23,30)7/h20-25,31H,1,9-18H2,2-8H3/t20-,21?,22-,23+,24+,25+,27+,28-,29+,30+/m0/s1. The minimum Gasteiger partial charge on any atom is -0.393 e. The molecule has 1 unspecified atom stereocenters. The van der Waals surface area contributed by atoms with E-state index < -0.39 is 0 Å². The summed E-state index contributed by atoms with van der Waals surface area (Å²) in [5.41, 5.74) is 3.26. The van der Waals surface area contributed by atoms with Gasteiger partial charge in [-0.05, 0) is 121 Å². The summed E-state index contributed by atoms with van der Waals surface area (Å²) < 4.78 is 0. The molecule has 0 spiro atoms. The number of fused-ring (bicyclic) bond motifs is 7. The van der Waals surface area contributed by atoms with Crippen molar-refractivity contribution in [1.82, 2.24) is 0 Å². The van der Waals surface area contributed by atoms with Crippen molar-refractivity contribution < 1.29 is 5.11 Å². The zero-order valence-electron chi connectivity index (χ0n) is 21.7. The third kappa shape index (κ3) is 2.71. The Kier molecular flexibility index (Phi) is 4.82. The predicted molar refractivity (Wildman–Crippen MR) is 131 cm³/mol. The molecule has 0 aliphatic heterocycles. The van der Waals surface area contributed by atoms with Crippen LogP contribution < -0.4 is 0 Å². The molecule has 1 heteroatoms. The number of hydrogen-bond donors (Lipinski definition) is 1. The molecule has 10 atom stereocenters. The summed E-state index contributed by atoms with van der Waals surface area (Å²) in [5.74, 6) is 3.19. The lowest BCUT2D eigenvalue weighted by Crippen LogP contribution is -2.68. The van der Waals surface area contributed by atoms with E-state index in [4.69, 9.17) is 0 Å². The molecule has 176 valence electrons. The van der Waals surface area contributed by atoms with Crippen molar-refractivity contribution in [3.8, 4) is 0 Å². The highest BCUT2D eigenvalue weighted by Crippen LogP contribution is 2.77. The van der Waals surface area contributed by atoms with Gasteiger partial charge in [0.1, 0.15) is 0 Å². The van der Waals surface area contributed by atoms with Gasteiger partial charge in [0.2, 0.25) is 0 Å². The van der Waals surface area contributed by atoms with Crippen LogP contribution in [0.1, 0.15) is 113 Å². The van der Waals surface area contributed by atoms with Gasteiger partial charge in [-0.2, -0.15) is 0 Å². The summed E-state index contributed by atoms with van der Waals surface area (Å²) in [6.45, 7) is 22.3. The summed E-state index contributed by atoms with van der Waals surface area (Å²) in [4.78, 5) is 0. The summed E-state index contributed by atoms with van der Waals surface area (Å²) in [7, 11) is 0. The second-order valence-corrected chi connectivity index (χ2v) is 14.8. The molecule has 5 aliphatic carbocycles. The lowest BCUT2D eigenvalue weighted by molar-refractivity contribution is -0.263. The van der Waals surface area contributed by atoms with E-state index in [0.29, 0.717) is 45.3 Å². The molecule has 0 aromatic carbocycles. The topological polar surface area (TPSA) is 20.2 Å². The van der Waals surface area contributed by atoms with E-state index in [2.05, 4.69) is 55.0 Å². The van der Waals surface area contributed by atoms with E-state index in [9.17, 15) is 5.11 Å². The van der Waals surface area contributed by atoms with Gasteiger partial charge in [0.25, 0.3) is 0 Å². The number of aliphatic hydroxyl groups excluding tert-OH is 1. The van der Waals surface area contributed by atoms with Crippen molar-refractivity contribution in [3.05, 3.63) is 12.2 Å². The molecule has 0 radical (unpaired) electrons. The highest BCUT2D eigenvalue weighted by atomic mass is 16.3. The minimum atomic E-state index is -0.131. The van der Waals surface area contributed by atoms with E-state index in [1.807, 2.05) is 0 Å². The second-order valence-electron chi connectivity index (χ2n) is 14.8. The smallest absolute Gasteiger partial charge is 0.0579 e. The quantitative estimate of drug-likeness (QED) is 0.421. The third-order valence-electron chi connectivity index (χ3n) is 13.2. The number of aliphatic hydroxyl groups is 1. The fourth-order valence-corrected chi connectivity index (χ4v) is 11.5. The first-order valence-corrected chi connectivity index (χ1v) is 13.6. The van der Waals surface area contributed by atoms with E-state index in [0.717, 1.165) is 12.3 Å². The Morgan fingerprint density at radius 2 is 1.48 bits per heavy atom. The Hall–Kier alpha value is -0.300. The normalized spacial score (nSPS) is 57.9. The average molecular weight is 427 g/mol. The van der Waals surface area contributed by atoms with Crippen LogP contribution in [0.2, 0.25) is 0 Å². The maximum Gasteiger partial charge on any atom is 0.0579 e. The molecule has 5 aliphatic rings. The third-order valence-corrected chi connectivity index (χ3v) is 13.2. The highest BCUT2D eigenvalue weighted by molar-refractivity contribution is 5.22. The SMILES string of the molecule is C=C(C)[C@@H]1CC[C@]2(C)CC[C@]3(C)[C@H](C(O)C[C@@H]4[C@@]5(C)CCCC(C)(C)[C@@H]5CC[C@]43C)[C@@H]12. The first-order valence-electron chi connectivity index (χ1n) is 13.6. The van der Waals surface area contributed by atoms with Crippen LogP contribution in [0, 0.1) is 56.7 Å². The van der Waals surface area contributed by atoms with Crippen molar-refractivity contribution in [1.29, 1.82) is 0 Å². The molecule has 5 rings (SSSR count). The fraction of sp³-hybridized carbons (Fsp3) is 0.933. The molecule has 0 heterocycles. The lowest BCUT2D eigenvalue weighted by Gasteiger charge is -2.73. The Balaban J connectivity index is 1.59. The van der Waals surface area contributed by atoms with E-state index >= 15 is 0 Å². The van der Waals surface area contributed by atoms with E-state index in [1.165, 1.54) is 63.4 Å². The van der Waals surface area contributed by atoms with Crippen LogP contribution in [0.3, 0.4) is 0 Å². The molecule has 0 saturated heterocycles. The van der Waals surface area contributed by atoms with Crippen molar-refractivity contribution in [2.24, 2.45) is 56.7 Å². The maximum atomic E-state index is 12.0. The predicted octanol–water partition coefficient (Wildman–Crippen LogP) is 8.02. The molecule has 31 heavy (non-hydrogen) atoms. The summed E-state index contributed by atoms with van der Waals surface area (Å²) >= 11 is 0. The van der Waals surface area contributed by atoms with Crippen LogP contribution >= 0.6 is 0 Å². The molecule has 0 aromatic rings. The molecule has 5 fully saturated rings. The van der Waals surface area contributed by atoms with Crippen molar-refractivity contribution in [2.75, 3.05) is 0 Å². The molecule has 0 aromatic heterocycles. The van der Waals surface area contributed by atoms with Crippen molar-refractivity contribution in [3.63, 3.8) is 0 Å². The van der Waals surface area contributed by atoms with Crippen LogP contribution in [0.4, 0.5) is 0 Å². The summed E-state index contributed by atoms with van der Waals surface area (Å²) in [6.07, 6.45) is 13.2.